The van der Waals surface area contributed by atoms with Crippen LogP contribution in [0.3, 0.4) is 0 Å². The minimum absolute atomic E-state index is 0.0271. The molecule has 0 amide bonds. The molecule has 25 heavy (non-hydrogen) atoms. The van der Waals surface area contributed by atoms with Crippen molar-refractivity contribution < 1.29 is 13.9 Å². The Kier molecular flexibility index (Phi) is 4.30. The number of morpholine rings is 1. The zero-order valence-electron chi connectivity index (χ0n) is 13.7. The van der Waals surface area contributed by atoms with Gasteiger partial charge in [-0.05, 0) is 24.3 Å². The quantitative estimate of drug-likeness (QED) is 0.663. The molecule has 3 aromatic rings. The normalized spacial score (nSPS) is 15.3. The van der Waals surface area contributed by atoms with Crippen LogP contribution in [0, 0.1) is 0 Å². The van der Waals surface area contributed by atoms with Crippen molar-refractivity contribution in [3.63, 3.8) is 0 Å². The van der Waals surface area contributed by atoms with Gasteiger partial charge in [-0.25, -0.2) is 4.98 Å². The molecular formula is C18H18N4O3. The molecule has 7 heteroatoms. The maximum atomic E-state index is 12.2. The van der Waals surface area contributed by atoms with Gasteiger partial charge < -0.3 is 14.1 Å². The van der Waals surface area contributed by atoms with Crippen molar-refractivity contribution in [1.29, 1.82) is 0 Å². The summed E-state index contributed by atoms with van der Waals surface area (Å²) in [5.74, 6) is 1.57. The van der Waals surface area contributed by atoms with E-state index < -0.39 is 0 Å². The molecule has 0 aromatic carbocycles. The lowest BCUT2D eigenvalue weighted by atomic mass is 10.2. The first-order valence-corrected chi connectivity index (χ1v) is 8.20. The highest BCUT2D eigenvalue weighted by Crippen LogP contribution is 2.19. The van der Waals surface area contributed by atoms with Crippen molar-refractivity contribution in [2.45, 2.75) is 6.42 Å². The molecule has 0 bridgehead atoms. The summed E-state index contributed by atoms with van der Waals surface area (Å²) in [5.41, 5.74) is 1.46. The number of fused-ring (bicyclic) bond motifs is 1. The van der Waals surface area contributed by atoms with E-state index in [1.807, 2.05) is 12.1 Å². The number of carbonyl (C=O) groups is 1. The Morgan fingerprint density at radius 1 is 1.28 bits per heavy atom. The standard InChI is InChI=1S/C18H18N4O3/c23-15(3-4-16-2-1-9-25-16)12-14-13-18(21-7-10-24-11-8-21)22-17(20-14)5-6-19-22/h1-6,9,13H,7-8,10-12H2/b4-3+. The Hall–Kier alpha value is -2.93. The second-order valence-corrected chi connectivity index (χ2v) is 5.80. The van der Waals surface area contributed by atoms with Gasteiger partial charge in [-0.15, -0.1) is 0 Å². The SMILES string of the molecule is O=C(/C=C/c1ccco1)Cc1cc(N2CCOCC2)n2nccc2n1. The number of hydrogen-bond donors (Lipinski definition) is 0. The lowest BCUT2D eigenvalue weighted by Gasteiger charge is -2.29. The first kappa shape index (κ1) is 15.6. The number of ether oxygens (including phenoxy) is 1. The number of nitrogens with zero attached hydrogens (tertiary/aromatic N) is 4. The van der Waals surface area contributed by atoms with E-state index in [0.29, 0.717) is 19.0 Å². The predicted molar refractivity (Wildman–Crippen MR) is 92.5 cm³/mol. The zero-order valence-corrected chi connectivity index (χ0v) is 13.7. The van der Waals surface area contributed by atoms with E-state index in [0.717, 1.165) is 30.2 Å². The predicted octanol–water partition coefficient (Wildman–Crippen LogP) is 1.98. The number of ketones is 1. The van der Waals surface area contributed by atoms with Crippen LogP contribution in [0.1, 0.15) is 11.5 Å². The Labute approximate surface area is 144 Å². The van der Waals surface area contributed by atoms with Crippen LogP contribution in [0.25, 0.3) is 11.7 Å². The summed E-state index contributed by atoms with van der Waals surface area (Å²) in [6.45, 7) is 2.96. The highest BCUT2D eigenvalue weighted by atomic mass is 16.5. The third-order valence-corrected chi connectivity index (χ3v) is 4.06. The Morgan fingerprint density at radius 2 is 2.16 bits per heavy atom. The average molecular weight is 338 g/mol. The molecule has 0 aliphatic carbocycles. The summed E-state index contributed by atoms with van der Waals surface area (Å²) in [6, 6.07) is 7.37. The van der Waals surface area contributed by atoms with E-state index >= 15 is 0 Å². The largest absolute Gasteiger partial charge is 0.465 e. The lowest BCUT2D eigenvalue weighted by molar-refractivity contribution is -0.114. The number of anilines is 1. The molecule has 0 radical (unpaired) electrons. The lowest BCUT2D eigenvalue weighted by Crippen LogP contribution is -2.37. The van der Waals surface area contributed by atoms with Crippen LogP contribution < -0.4 is 4.90 Å². The Bertz CT molecular complexity index is 892. The van der Waals surface area contributed by atoms with Gasteiger partial charge in [-0.2, -0.15) is 9.61 Å². The van der Waals surface area contributed by atoms with E-state index in [2.05, 4.69) is 15.0 Å². The fraction of sp³-hybridized carbons (Fsp3) is 0.278. The van der Waals surface area contributed by atoms with Crippen molar-refractivity contribution in [1.82, 2.24) is 14.6 Å². The van der Waals surface area contributed by atoms with Crippen molar-refractivity contribution in [2.75, 3.05) is 31.2 Å². The fourth-order valence-corrected chi connectivity index (χ4v) is 2.85. The summed E-state index contributed by atoms with van der Waals surface area (Å²) in [4.78, 5) is 19.0. The molecule has 4 heterocycles. The molecule has 1 aliphatic heterocycles. The number of carbonyl (C=O) groups excluding carboxylic acids is 1. The van der Waals surface area contributed by atoms with Gasteiger partial charge in [0.2, 0.25) is 0 Å². The molecule has 7 nitrogen and oxygen atoms in total. The van der Waals surface area contributed by atoms with Crippen molar-refractivity contribution in [2.24, 2.45) is 0 Å². The van der Waals surface area contributed by atoms with Crippen molar-refractivity contribution in [3.8, 4) is 0 Å². The van der Waals surface area contributed by atoms with Crippen LogP contribution in [-0.2, 0) is 16.0 Å². The molecule has 0 N–H and O–H groups in total. The van der Waals surface area contributed by atoms with Gasteiger partial charge in [0.25, 0.3) is 0 Å². The maximum absolute atomic E-state index is 12.2. The molecule has 0 spiro atoms. The van der Waals surface area contributed by atoms with E-state index in [1.165, 1.54) is 6.08 Å². The smallest absolute Gasteiger partial charge is 0.161 e. The van der Waals surface area contributed by atoms with Gasteiger partial charge in [0.15, 0.2) is 11.4 Å². The van der Waals surface area contributed by atoms with Gasteiger partial charge in [-0.1, -0.05) is 0 Å². The third-order valence-electron chi connectivity index (χ3n) is 4.06. The summed E-state index contributed by atoms with van der Waals surface area (Å²) in [7, 11) is 0. The topological polar surface area (TPSA) is 72.9 Å². The van der Waals surface area contributed by atoms with Gasteiger partial charge in [0, 0.05) is 25.2 Å². The van der Waals surface area contributed by atoms with Crippen LogP contribution in [-0.4, -0.2) is 46.7 Å². The second kappa shape index (κ2) is 6.90. The number of allylic oxidation sites excluding steroid dienone is 1. The van der Waals surface area contributed by atoms with E-state index in [1.54, 1.807) is 35.2 Å². The van der Waals surface area contributed by atoms with Crippen LogP contribution >= 0.6 is 0 Å². The first-order chi connectivity index (χ1) is 12.3. The second-order valence-electron chi connectivity index (χ2n) is 5.80. The Balaban J connectivity index is 1.58. The van der Waals surface area contributed by atoms with Crippen LogP contribution in [0.5, 0.6) is 0 Å². The number of aromatic nitrogens is 3. The van der Waals surface area contributed by atoms with Crippen LogP contribution in [0.4, 0.5) is 5.82 Å². The first-order valence-electron chi connectivity index (χ1n) is 8.20. The number of furan rings is 1. The molecule has 4 rings (SSSR count). The summed E-state index contributed by atoms with van der Waals surface area (Å²) in [6.07, 6.45) is 6.72. The number of rotatable bonds is 5. The zero-order chi connectivity index (χ0) is 17.1. The number of hydrogen-bond acceptors (Lipinski definition) is 6. The molecule has 0 unspecified atom stereocenters. The molecule has 0 saturated carbocycles. The maximum Gasteiger partial charge on any atom is 0.161 e. The van der Waals surface area contributed by atoms with Crippen molar-refractivity contribution >= 4 is 23.3 Å². The summed E-state index contributed by atoms with van der Waals surface area (Å²) >= 11 is 0. The third kappa shape index (κ3) is 3.46. The van der Waals surface area contributed by atoms with E-state index in [9.17, 15) is 4.79 Å². The molecule has 1 aliphatic rings. The minimum Gasteiger partial charge on any atom is -0.465 e. The molecule has 1 fully saturated rings. The fourth-order valence-electron chi connectivity index (χ4n) is 2.85. The van der Waals surface area contributed by atoms with Gasteiger partial charge in [0.05, 0.1) is 37.8 Å². The molecule has 3 aromatic heterocycles. The minimum atomic E-state index is -0.0271. The summed E-state index contributed by atoms with van der Waals surface area (Å²) in [5, 5.41) is 4.34. The Morgan fingerprint density at radius 3 is 2.96 bits per heavy atom. The van der Waals surface area contributed by atoms with Gasteiger partial charge >= 0.3 is 0 Å². The molecular weight excluding hydrogens is 320 g/mol. The highest BCUT2D eigenvalue weighted by Gasteiger charge is 2.17. The van der Waals surface area contributed by atoms with Crippen LogP contribution in [0.2, 0.25) is 0 Å². The molecule has 0 atom stereocenters. The van der Waals surface area contributed by atoms with Crippen LogP contribution in [0.15, 0.2) is 47.2 Å². The van der Waals surface area contributed by atoms with E-state index in [4.69, 9.17) is 9.15 Å². The van der Waals surface area contributed by atoms with E-state index in [-0.39, 0.29) is 12.2 Å². The molecule has 1 saturated heterocycles. The monoisotopic (exact) mass is 338 g/mol. The average Bonchev–Trinajstić information content (AvgIpc) is 3.31. The van der Waals surface area contributed by atoms with Crippen molar-refractivity contribution in [3.05, 3.63) is 54.3 Å². The summed E-state index contributed by atoms with van der Waals surface area (Å²) < 4.78 is 12.4. The highest BCUT2D eigenvalue weighted by molar-refractivity contribution is 5.94. The molecule has 128 valence electrons. The van der Waals surface area contributed by atoms with Gasteiger partial charge in [0.1, 0.15) is 11.6 Å². The van der Waals surface area contributed by atoms with Gasteiger partial charge in [-0.3, -0.25) is 4.79 Å².